The van der Waals surface area contributed by atoms with Crippen LogP contribution in [0.2, 0.25) is 0 Å². The molecule has 0 radical (unpaired) electrons. The van der Waals surface area contributed by atoms with Gasteiger partial charge in [0.25, 0.3) is 0 Å². The number of hydrogen-bond donors (Lipinski definition) is 2. The molecule has 7 nitrogen and oxygen atoms in total. The lowest BCUT2D eigenvalue weighted by Gasteiger charge is -2.20. The van der Waals surface area contributed by atoms with Crippen LogP contribution in [0.4, 0.5) is 10.2 Å². The molecule has 9 heteroatoms. The molecule has 2 N–H and O–H groups in total. The molecular formula is C22H30FIN6O. The van der Waals surface area contributed by atoms with Crippen LogP contribution in [-0.4, -0.2) is 48.2 Å². The molecule has 4 rings (SSSR count). The Bertz CT molecular complexity index is 859. The van der Waals surface area contributed by atoms with E-state index in [1.165, 1.54) is 18.9 Å². The van der Waals surface area contributed by atoms with Crippen LogP contribution in [0.5, 0.6) is 5.88 Å². The van der Waals surface area contributed by atoms with Gasteiger partial charge in [-0.2, -0.15) is 0 Å². The molecule has 1 unspecified atom stereocenters. The largest absolute Gasteiger partial charge is 0.474 e. The molecule has 3 heterocycles. The summed E-state index contributed by atoms with van der Waals surface area (Å²) in [4.78, 5) is 14.9. The van der Waals surface area contributed by atoms with Crippen LogP contribution in [0.1, 0.15) is 37.7 Å². The molecule has 2 aromatic heterocycles. The highest BCUT2D eigenvalue weighted by Crippen LogP contribution is 2.23. The van der Waals surface area contributed by atoms with Gasteiger partial charge in [-0.25, -0.2) is 14.4 Å². The summed E-state index contributed by atoms with van der Waals surface area (Å²) in [5.41, 5.74) is 1.06. The van der Waals surface area contributed by atoms with Crippen LogP contribution in [0, 0.1) is 5.82 Å². The Kier molecular flexibility index (Phi) is 8.68. The average Bonchev–Trinajstić information content (AvgIpc) is 3.45. The summed E-state index contributed by atoms with van der Waals surface area (Å²) < 4.78 is 19.9. The topological polar surface area (TPSA) is 74.7 Å². The van der Waals surface area contributed by atoms with Gasteiger partial charge in [-0.1, -0.05) is 6.07 Å². The van der Waals surface area contributed by atoms with Gasteiger partial charge >= 0.3 is 0 Å². The molecule has 0 bridgehead atoms. The Morgan fingerprint density at radius 3 is 2.77 bits per heavy atom. The van der Waals surface area contributed by atoms with Crippen LogP contribution in [0.3, 0.4) is 0 Å². The van der Waals surface area contributed by atoms with Crippen molar-refractivity contribution >= 4 is 35.8 Å². The molecule has 2 fully saturated rings. The highest BCUT2D eigenvalue weighted by Gasteiger charge is 2.26. The van der Waals surface area contributed by atoms with E-state index < -0.39 is 0 Å². The molecule has 2 aromatic rings. The SMILES string of the molecule is CN=C(NCc1ccc(OC2CCCC2)nc1)NC1CCN(c2ncccc2F)C1.I. The number of pyridine rings is 2. The number of ether oxygens (including phenoxy) is 1. The van der Waals surface area contributed by atoms with E-state index in [0.29, 0.717) is 30.9 Å². The van der Waals surface area contributed by atoms with Crippen molar-refractivity contribution in [3.05, 3.63) is 48.0 Å². The summed E-state index contributed by atoms with van der Waals surface area (Å²) in [6.07, 6.45) is 9.41. The molecule has 0 spiro atoms. The zero-order chi connectivity index (χ0) is 20.8. The second-order valence-electron chi connectivity index (χ2n) is 7.84. The zero-order valence-corrected chi connectivity index (χ0v) is 20.1. The minimum absolute atomic E-state index is 0. The van der Waals surface area contributed by atoms with Crippen molar-refractivity contribution < 1.29 is 9.13 Å². The first-order chi connectivity index (χ1) is 14.7. The predicted molar refractivity (Wildman–Crippen MR) is 131 cm³/mol. The third kappa shape index (κ3) is 6.41. The molecule has 1 saturated carbocycles. The van der Waals surface area contributed by atoms with Gasteiger partial charge in [0.1, 0.15) is 6.10 Å². The smallest absolute Gasteiger partial charge is 0.213 e. The zero-order valence-electron chi connectivity index (χ0n) is 17.8. The van der Waals surface area contributed by atoms with Crippen LogP contribution in [-0.2, 0) is 6.54 Å². The average molecular weight is 540 g/mol. The van der Waals surface area contributed by atoms with E-state index in [0.717, 1.165) is 37.3 Å². The van der Waals surface area contributed by atoms with Gasteiger partial charge in [-0.3, -0.25) is 4.99 Å². The van der Waals surface area contributed by atoms with Gasteiger partial charge < -0.3 is 20.3 Å². The Morgan fingerprint density at radius 2 is 2.06 bits per heavy atom. The maximum atomic E-state index is 14.0. The second kappa shape index (κ2) is 11.4. The second-order valence-corrected chi connectivity index (χ2v) is 7.84. The Labute approximate surface area is 199 Å². The molecule has 1 atom stereocenters. The van der Waals surface area contributed by atoms with Crippen molar-refractivity contribution in [2.75, 3.05) is 25.0 Å². The summed E-state index contributed by atoms with van der Waals surface area (Å²) in [7, 11) is 1.75. The van der Waals surface area contributed by atoms with Gasteiger partial charge in [0.15, 0.2) is 17.6 Å². The first-order valence-corrected chi connectivity index (χ1v) is 10.7. The lowest BCUT2D eigenvalue weighted by atomic mass is 10.2. The van der Waals surface area contributed by atoms with E-state index in [4.69, 9.17) is 4.74 Å². The maximum absolute atomic E-state index is 14.0. The van der Waals surface area contributed by atoms with Crippen LogP contribution < -0.4 is 20.3 Å². The fraction of sp³-hybridized carbons (Fsp3) is 0.500. The molecule has 1 aliphatic heterocycles. The number of nitrogens with one attached hydrogen (secondary N) is 2. The Hall–Kier alpha value is -2.17. The minimum atomic E-state index is -0.284. The van der Waals surface area contributed by atoms with E-state index in [9.17, 15) is 4.39 Å². The normalized spacial score (nSPS) is 19.2. The molecule has 2 aliphatic rings. The predicted octanol–water partition coefficient (Wildman–Crippen LogP) is 3.50. The molecule has 168 valence electrons. The number of anilines is 1. The quantitative estimate of drug-likeness (QED) is 0.332. The third-order valence-electron chi connectivity index (χ3n) is 5.64. The molecule has 1 saturated heterocycles. The van der Waals surface area contributed by atoms with Crippen LogP contribution >= 0.6 is 24.0 Å². The van der Waals surface area contributed by atoms with Crippen molar-refractivity contribution in [1.82, 2.24) is 20.6 Å². The Morgan fingerprint density at radius 1 is 1.23 bits per heavy atom. The monoisotopic (exact) mass is 540 g/mol. The number of aromatic nitrogens is 2. The molecule has 0 amide bonds. The maximum Gasteiger partial charge on any atom is 0.213 e. The fourth-order valence-electron chi connectivity index (χ4n) is 4.02. The summed E-state index contributed by atoms with van der Waals surface area (Å²) in [5, 5.41) is 6.74. The van der Waals surface area contributed by atoms with Crippen molar-refractivity contribution in [2.45, 2.75) is 50.8 Å². The summed E-state index contributed by atoms with van der Waals surface area (Å²) >= 11 is 0. The van der Waals surface area contributed by atoms with Crippen LogP contribution in [0.15, 0.2) is 41.7 Å². The van der Waals surface area contributed by atoms with E-state index >= 15 is 0 Å². The Balaban J connectivity index is 0.00000272. The standard InChI is InChI=1S/C22H29FN6O.HI/c1-24-22(28-17-10-12-29(15-17)21-19(23)7-4-11-25-21)27-14-16-8-9-20(26-13-16)30-18-5-2-3-6-18;/h4,7-9,11,13,17-18H,2-3,5-6,10,12,14-15H2,1H3,(H2,24,27,28);1H. The lowest BCUT2D eigenvalue weighted by molar-refractivity contribution is 0.201. The summed E-state index contributed by atoms with van der Waals surface area (Å²) in [6, 6.07) is 7.19. The van der Waals surface area contributed by atoms with Gasteiger partial charge in [0, 0.05) is 51.2 Å². The van der Waals surface area contributed by atoms with Gasteiger partial charge in [-0.05, 0) is 49.8 Å². The molecule has 1 aliphatic carbocycles. The van der Waals surface area contributed by atoms with Crippen molar-refractivity contribution in [1.29, 1.82) is 0 Å². The lowest BCUT2D eigenvalue weighted by Crippen LogP contribution is -2.44. The first-order valence-electron chi connectivity index (χ1n) is 10.7. The van der Waals surface area contributed by atoms with Gasteiger partial charge in [-0.15, -0.1) is 24.0 Å². The number of halogens is 2. The third-order valence-corrected chi connectivity index (χ3v) is 5.64. The highest BCUT2D eigenvalue weighted by molar-refractivity contribution is 14.0. The van der Waals surface area contributed by atoms with E-state index in [1.54, 1.807) is 19.3 Å². The molecule has 0 aromatic carbocycles. The fourth-order valence-corrected chi connectivity index (χ4v) is 4.02. The van der Waals surface area contributed by atoms with Crippen molar-refractivity contribution in [2.24, 2.45) is 4.99 Å². The van der Waals surface area contributed by atoms with Crippen molar-refractivity contribution in [3.63, 3.8) is 0 Å². The summed E-state index contributed by atoms with van der Waals surface area (Å²) in [5.74, 6) is 1.54. The molecular weight excluding hydrogens is 510 g/mol. The minimum Gasteiger partial charge on any atom is -0.474 e. The number of aliphatic imine (C=N–C) groups is 1. The van der Waals surface area contributed by atoms with E-state index in [1.807, 2.05) is 23.2 Å². The van der Waals surface area contributed by atoms with E-state index in [-0.39, 0.29) is 35.8 Å². The number of nitrogens with zero attached hydrogens (tertiary/aromatic N) is 4. The highest BCUT2D eigenvalue weighted by atomic mass is 127. The van der Waals surface area contributed by atoms with Crippen LogP contribution in [0.25, 0.3) is 0 Å². The summed E-state index contributed by atoms with van der Waals surface area (Å²) in [6.45, 7) is 2.06. The molecule has 31 heavy (non-hydrogen) atoms. The number of hydrogen-bond acceptors (Lipinski definition) is 5. The van der Waals surface area contributed by atoms with Gasteiger partial charge in [0.05, 0.1) is 0 Å². The van der Waals surface area contributed by atoms with E-state index in [2.05, 4.69) is 25.6 Å². The van der Waals surface area contributed by atoms with Gasteiger partial charge in [0.2, 0.25) is 5.88 Å². The number of guanidine groups is 1. The number of rotatable bonds is 6. The van der Waals surface area contributed by atoms with Crippen molar-refractivity contribution in [3.8, 4) is 5.88 Å². The first kappa shape index (κ1) is 23.5.